The molecule has 2 rings (SSSR count). The maximum atomic E-state index is 11.9. The number of thioether (sulfide) groups is 1. The zero-order valence-corrected chi connectivity index (χ0v) is 12.7. The van der Waals surface area contributed by atoms with Gasteiger partial charge in [-0.15, -0.1) is 5.10 Å². The Morgan fingerprint density at radius 3 is 2.85 bits per heavy atom. The van der Waals surface area contributed by atoms with Crippen molar-refractivity contribution >= 4 is 23.4 Å². The Morgan fingerprint density at radius 2 is 2.20 bits per heavy atom. The average Bonchev–Trinajstić information content (AvgIpc) is 2.88. The van der Waals surface area contributed by atoms with E-state index in [9.17, 15) is 4.79 Å². The van der Waals surface area contributed by atoms with Crippen LogP contribution in [0.1, 0.15) is 23.9 Å². The predicted molar refractivity (Wildman–Crippen MR) is 81.0 cm³/mol. The molecule has 0 saturated carbocycles. The first-order valence-electron chi connectivity index (χ1n) is 6.49. The second-order valence-corrected chi connectivity index (χ2v) is 5.52. The molecule has 0 aliphatic carbocycles. The quantitative estimate of drug-likeness (QED) is 0.831. The summed E-state index contributed by atoms with van der Waals surface area (Å²) in [5.41, 5.74) is 3.10. The van der Waals surface area contributed by atoms with E-state index in [1.807, 2.05) is 39.0 Å². The number of H-pyrrole nitrogens is 1. The lowest BCUT2D eigenvalue weighted by atomic mass is 10.1. The van der Waals surface area contributed by atoms with E-state index in [2.05, 4.69) is 20.5 Å². The number of anilines is 1. The van der Waals surface area contributed by atoms with Crippen molar-refractivity contribution in [2.45, 2.75) is 32.3 Å². The zero-order chi connectivity index (χ0) is 14.5. The Morgan fingerprint density at radius 1 is 1.40 bits per heavy atom. The molecule has 1 amide bonds. The molecule has 0 unspecified atom stereocenters. The molecule has 2 N–H and O–H groups in total. The van der Waals surface area contributed by atoms with Gasteiger partial charge in [-0.05, 0) is 25.5 Å². The molecular formula is C14H18N4OS. The Hall–Kier alpha value is -1.82. The monoisotopic (exact) mass is 290 g/mol. The molecular weight excluding hydrogens is 272 g/mol. The minimum Gasteiger partial charge on any atom is -0.325 e. The third-order valence-electron chi connectivity index (χ3n) is 2.83. The summed E-state index contributed by atoms with van der Waals surface area (Å²) in [6.07, 6.45) is 0.808. The number of benzene rings is 1. The van der Waals surface area contributed by atoms with Gasteiger partial charge in [0, 0.05) is 12.1 Å². The lowest BCUT2D eigenvalue weighted by Gasteiger charge is -2.08. The van der Waals surface area contributed by atoms with Crippen LogP contribution in [-0.2, 0) is 11.2 Å². The van der Waals surface area contributed by atoms with Crippen LogP contribution in [0.3, 0.4) is 0 Å². The number of aromatic nitrogens is 3. The van der Waals surface area contributed by atoms with E-state index in [1.54, 1.807) is 0 Å². The topological polar surface area (TPSA) is 70.7 Å². The minimum absolute atomic E-state index is 0.0511. The summed E-state index contributed by atoms with van der Waals surface area (Å²) in [4.78, 5) is 16.2. The Labute approximate surface area is 122 Å². The van der Waals surface area contributed by atoms with Crippen LogP contribution >= 0.6 is 11.8 Å². The summed E-state index contributed by atoms with van der Waals surface area (Å²) >= 11 is 1.33. The van der Waals surface area contributed by atoms with Gasteiger partial charge >= 0.3 is 0 Å². The lowest BCUT2D eigenvalue weighted by Crippen LogP contribution is -2.15. The van der Waals surface area contributed by atoms with Crippen LogP contribution in [0, 0.1) is 13.8 Å². The number of rotatable bonds is 5. The molecule has 1 aromatic carbocycles. The first-order chi connectivity index (χ1) is 9.58. The van der Waals surface area contributed by atoms with Crippen LogP contribution in [0.4, 0.5) is 5.69 Å². The Kier molecular flexibility index (Phi) is 4.79. The number of hydrogen-bond acceptors (Lipinski definition) is 4. The second kappa shape index (κ2) is 6.56. The highest BCUT2D eigenvalue weighted by atomic mass is 32.2. The molecule has 6 heteroatoms. The molecule has 0 spiro atoms. The van der Waals surface area contributed by atoms with Crippen LogP contribution in [0.15, 0.2) is 23.4 Å². The Bertz CT molecular complexity index is 609. The van der Waals surface area contributed by atoms with Crippen LogP contribution in [0.5, 0.6) is 0 Å². The fourth-order valence-corrected chi connectivity index (χ4v) is 2.39. The van der Waals surface area contributed by atoms with E-state index in [1.165, 1.54) is 17.3 Å². The predicted octanol–water partition coefficient (Wildman–Crippen LogP) is 2.71. The number of hydrogen-bond donors (Lipinski definition) is 2. The summed E-state index contributed by atoms with van der Waals surface area (Å²) in [6, 6.07) is 5.96. The second-order valence-electron chi connectivity index (χ2n) is 4.57. The van der Waals surface area contributed by atoms with Crippen molar-refractivity contribution in [2.24, 2.45) is 0 Å². The molecule has 1 aromatic heterocycles. The molecule has 5 nitrogen and oxygen atoms in total. The van der Waals surface area contributed by atoms with E-state index in [0.29, 0.717) is 10.9 Å². The van der Waals surface area contributed by atoms with E-state index < -0.39 is 0 Å². The largest absolute Gasteiger partial charge is 0.325 e. The van der Waals surface area contributed by atoms with Crippen molar-refractivity contribution in [3.8, 4) is 0 Å². The number of carbonyl (C=O) groups is 1. The van der Waals surface area contributed by atoms with Gasteiger partial charge in [-0.3, -0.25) is 9.89 Å². The highest BCUT2D eigenvalue weighted by Gasteiger charge is 2.08. The van der Waals surface area contributed by atoms with E-state index in [0.717, 1.165) is 23.5 Å². The summed E-state index contributed by atoms with van der Waals surface area (Å²) in [6.45, 7) is 6.02. The highest BCUT2D eigenvalue weighted by molar-refractivity contribution is 7.99. The number of aromatic amines is 1. The maximum Gasteiger partial charge on any atom is 0.234 e. The number of carbonyl (C=O) groups excluding carboxylic acids is 1. The lowest BCUT2D eigenvalue weighted by molar-refractivity contribution is -0.113. The van der Waals surface area contributed by atoms with Gasteiger partial charge in [0.2, 0.25) is 11.1 Å². The number of amides is 1. The van der Waals surface area contributed by atoms with E-state index >= 15 is 0 Å². The number of nitrogens with one attached hydrogen (secondary N) is 2. The summed E-state index contributed by atoms with van der Waals surface area (Å²) in [5, 5.41) is 10.4. The van der Waals surface area contributed by atoms with E-state index in [-0.39, 0.29) is 5.91 Å². The smallest absolute Gasteiger partial charge is 0.234 e. The van der Waals surface area contributed by atoms with Gasteiger partial charge in [-0.2, -0.15) is 0 Å². The van der Waals surface area contributed by atoms with Crippen LogP contribution < -0.4 is 5.32 Å². The molecule has 0 fully saturated rings. The van der Waals surface area contributed by atoms with Gasteiger partial charge in [-0.25, -0.2) is 4.98 Å². The maximum absolute atomic E-state index is 11.9. The van der Waals surface area contributed by atoms with Crippen LogP contribution in [0.2, 0.25) is 0 Å². The molecule has 2 aromatic rings. The molecule has 0 aliphatic rings. The van der Waals surface area contributed by atoms with E-state index in [4.69, 9.17) is 0 Å². The highest BCUT2D eigenvalue weighted by Crippen LogP contribution is 2.17. The van der Waals surface area contributed by atoms with Crippen molar-refractivity contribution in [1.82, 2.24) is 15.2 Å². The fraction of sp³-hybridized carbons (Fsp3) is 0.357. The molecule has 0 radical (unpaired) electrons. The summed E-state index contributed by atoms with van der Waals surface area (Å²) < 4.78 is 0. The zero-order valence-electron chi connectivity index (χ0n) is 11.9. The molecule has 106 valence electrons. The number of aryl methyl sites for hydroxylation is 3. The van der Waals surface area contributed by atoms with Gasteiger partial charge in [0.05, 0.1) is 5.75 Å². The van der Waals surface area contributed by atoms with Crippen LogP contribution in [-0.4, -0.2) is 26.8 Å². The summed E-state index contributed by atoms with van der Waals surface area (Å²) in [5.74, 6) is 1.08. The molecule has 0 saturated heterocycles. The normalized spacial score (nSPS) is 10.6. The third-order valence-corrected chi connectivity index (χ3v) is 3.68. The third kappa shape index (κ3) is 3.84. The molecule has 0 atom stereocenters. The Balaban J connectivity index is 1.89. The van der Waals surface area contributed by atoms with Crippen molar-refractivity contribution in [1.29, 1.82) is 0 Å². The first-order valence-corrected chi connectivity index (χ1v) is 7.48. The van der Waals surface area contributed by atoms with Crippen LogP contribution in [0.25, 0.3) is 0 Å². The van der Waals surface area contributed by atoms with Crippen molar-refractivity contribution in [2.75, 3.05) is 11.1 Å². The minimum atomic E-state index is -0.0511. The van der Waals surface area contributed by atoms with Gasteiger partial charge in [0.25, 0.3) is 0 Å². The SMILES string of the molecule is CCc1nc(SCC(=O)Nc2ccc(C)cc2C)n[nH]1. The average molecular weight is 290 g/mol. The van der Waals surface area contributed by atoms with Gasteiger partial charge in [0.15, 0.2) is 0 Å². The molecule has 1 heterocycles. The molecule has 0 aliphatic heterocycles. The summed E-state index contributed by atoms with van der Waals surface area (Å²) in [7, 11) is 0. The fourth-order valence-electron chi connectivity index (χ4n) is 1.77. The van der Waals surface area contributed by atoms with Gasteiger partial charge in [0.1, 0.15) is 5.82 Å². The van der Waals surface area contributed by atoms with Crippen molar-refractivity contribution in [3.63, 3.8) is 0 Å². The first kappa shape index (κ1) is 14.6. The van der Waals surface area contributed by atoms with Gasteiger partial charge in [-0.1, -0.05) is 36.4 Å². The number of nitrogens with zero attached hydrogens (tertiary/aromatic N) is 2. The standard InChI is InChI=1S/C14H18N4OS/c1-4-12-16-14(18-17-12)20-8-13(19)15-11-6-5-9(2)7-10(11)3/h5-7H,4,8H2,1-3H3,(H,15,19)(H,16,17,18). The van der Waals surface area contributed by atoms with Crippen molar-refractivity contribution in [3.05, 3.63) is 35.2 Å². The molecule has 20 heavy (non-hydrogen) atoms. The van der Waals surface area contributed by atoms with Gasteiger partial charge < -0.3 is 5.32 Å². The van der Waals surface area contributed by atoms with Crippen molar-refractivity contribution < 1.29 is 4.79 Å². The molecule has 0 bridgehead atoms.